The van der Waals surface area contributed by atoms with E-state index in [1.54, 1.807) is 67.7 Å². The van der Waals surface area contributed by atoms with E-state index >= 15 is 0 Å². The van der Waals surface area contributed by atoms with Gasteiger partial charge in [-0.1, -0.05) is 18.2 Å². The fourth-order valence-electron chi connectivity index (χ4n) is 4.45. The number of carbonyl (C=O) groups is 2. The summed E-state index contributed by atoms with van der Waals surface area (Å²) in [6.45, 7) is 2.26. The number of anilines is 2. The highest BCUT2D eigenvalue weighted by Gasteiger charge is 2.39. The molecule has 1 aliphatic heterocycles. The van der Waals surface area contributed by atoms with Crippen molar-refractivity contribution in [3.05, 3.63) is 81.9 Å². The maximum absolute atomic E-state index is 14.0. The topological polar surface area (TPSA) is 101 Å². The summed E-state index contributed by atoms with van der Waals surface area (Å²) in [6.07, 6.45) is -0.759. The van der Waals surface area contributed by atoms with Crippen LogP contribution in [0.25, 0.3) is 10.2 Å². The lowest BCUT2D eigenvalue weighted by atomic mass is 10.00. The molecule has 0 saturated heterocycles. The van der Waals surface area contributed by atoms with Crippen molar-refractivity contribution in [1.82, 2.24) is 4.98 Å². The first-order valence-corrected chi connectivity index (χ1v) is 11.7. The molecule has 8 nitrogen and oxygen atoms in total. The van der Waals surface area contributed by atoms with Crippen molar-refractivity contribution in [2.75, 3.05) is 24.4 Å². The lowest BCUT2D eigenvalue weighted by Gasteiger charge is -2.37. The fraction of sp³-hybridized carbons (Fsp3) is 0.192. The number of carboxylic acids is 1. The van der Waals surface area contributed by atoms with Gasteiger partial charge in [0.1, 0.15) is 21.6 Å². The van der Waals surface area contributed by atoms with Gasteiger partial charge in [-0.15, -0.1) is 11.3 Å². The van der Waals surface area contributed by atoms with E-state index < -0.39 is 12.1 Å². The number of nitrogens with one attached hydrogen (secondary N) is 1. The van der Waals surface area contributed by atoms with E-state index in [-0.39, 0.29) is 11.5 Å². The van der Waals surface area contributed by atoms with Crippen LogP contribution < -0.4 is 15.0 Å². The summed E-state index contributed by atoms with van der Waals surface area (Å²) in [7, 11) is 3.20. The number of carbonyl (C=O) groups excluding carboxylic acids is 1. The molecule has 0 spiro atoms. The summed E-state index contributed by atoms with van der Waals surface area (Å²) in [6, 6.07) is 15.8. The van der Waals surface area contributed by atoms with E-state index in [0.29, 0.717) is 34.2 Å². The number of amides is 1. The summed E-state index contributed by atoms with van der Waals surface area (Å²) >= 11 is 1.31. The Hall–Kier alpha value is -3.95. The Kier molecular flexibility index (Phi) is 5.88. The van der Waals surface area contributed by atoms with Crippen molar-refractivity contribution in [3.63, 3.8) is 0 Å². The zero-order valence-electron chi connectivity index (χ0n) is 19.4. The number of aryl methyl sites for hydroxylation is 1. The Bertz CT molecular complexity index is 1450. The number of benzene rings is 2. The van der Waals surface area contributed by atoms with E-state index in [4.69, 9.17) is 9.47 Å². The first-order valence-electron chi connectivity index (χ1n) is 10.9. The molecule has 178 valence electrons. The van der Waals surface area contributed by atoms with Gasteiger partial charge < -0.3 is 19.9 Å². The molecule has 2 aromatic heterocycles. The molecule has 3 heterocycles. The third kappa shape index (κ3) is 3.88. The van der Waals surface area contributed by atoms with Crippen LogP contribution in [0, 0.1) is 6.92 Å². The van der Waals surface area contributed by atoms with E-state index in [0.717, 1.165) is 21.5 Å². The Morgan fingerprint density at radius 3 is 2.60 bits per heavy atom. The number of pyridine rings is 1. The normalized spacial score (nSPS) is 15.1. The van der Waals surface area contributed by atoms with E-state index in [9.17, 15) is 14.7 Å². The first kappa shape index (κ1) is 22.8. The third-order valence-electron chi connectivity index (χ3n) is 5.96. The van der Waals surface area contributed by atoms with Crippen LogP contribution in [0.3, 0.4) is 0 Å². The van der Waals surface area contributed by atoms with Gasteiger partial charge in [-0.05, 0) is 48.9 Å². The molecule has 9 heteroatoms. The highest BCUT2D eigenvalue weighted by atomic mass is 32.1. The number of aromatic carboxylic acids is 1. The minimum Gasteiger partial charge on any atom is -0.497 e. The quantitative estimate of drug-likeness (QED) is 0.382. The largest absolute Gasteiger partial charge is 0.497 e. The molecule has 0 fully saturated rings. The van der Waals surface area contributed by atoms with E-state index in [1.165, 1.54) is 11.3 Å². The van der Waals surface area contributed by atoms with Crippen LogP contribution in [0.4, 0.5) is 11.4 Å². The van der Waals surface area contributed by atoms with Crippen LogP contribution in [-0.2, 0) is 11.3 Å². The van der Waals surface area contributed by atoms with Gasteiger partial charge in [0.15, 0.2) is 0 Å². The van der Waals surface area contributed by atoms with Gasteiger partial charge in [0.25, 0.3) is 5.91 Å². The van der Waals surface area contributed by atoms with E-state index in [1.807, 2.05) is 13.0 Å². The molecule has 1 aliphatic rings. The molecular formula is C26H23N3O5S. The second kappa shape index (κ2) is 9.01. The van der Waals surface area contributed by atoms with Crippen molar-refractivity contribution >= 4 is 44.8 Å². The molecule has 4 aromatic rings. The number of rotatable bonds is 6. The van der Waals surface area contributed by atoms with Crippen LogP contribution in [0.2, 0.25) is 0 Å². The predicted octanol–water partition coefficient (Wildman–Crippen LogP) is 5.23. The number of fused-ring (bicyclic) bond motifs is 3. The first-order chi connectivity index (χ1) is 16.9. The van der Waals surface area contributed by atoms with Gasteiger partial charge in [-0.2, -0.15) is 0 Å². The second-order valence-corrected chi connectivity index (χ2v) is 9.15. The van der Waals surface area contributed by atoms with Gasteiger partial charge >= 0.3 is 5.97 Å². The Morgan fingerprint density at radius 1 is 1.17 bits per heavy atom. The monoisotopic (exact) mass is 489 g/mol. The van der Waals surface area contributed by atoms with Crippen molar-refractivity contribution in [1.29, 1.82) is 0 Å². The van der Waals surface area contributed by atoms with Gasteiger partial charge in [0, 0.05) is 29.4 Å². The van der Waals surface area contributed by atoms with Crippen LogP contribution in [0.1, 0.15) is 43.0 Å². The summed E-state index contributed by atoms with van der Waals surface area (Å²) in [5, 5.41) is 14.2. The maximum atomic E-state index is 14.0. The highest BCUT2D eigenvalue weighted by Crippen LogP contribution is 2.46. The maximum Gasteiger partial charge on any atom is 0.336 e. The number of hydrogen-bond donors (Lipinski definition) is 2. The van der Waals surface area contributed by atoms with Crippen molar-refractivity contribution in [2.45, 2.75) is 19.7 Å². The number of nitrogens with zero attached hydrogens (tertiary/aromatic N) is 2. The second-order valence-electron chi connectivity index (χ2n) is 8.15. The lowest BCUT2D eigenvalue weighted by molar-refractivity contribution is 0.0694. The van der Waals surface area contributed by atoms with Crippen molar-refractivity contribution in [2.24, 2.45) is 0 Å². The summed E-state index contributed by atoms with van der Waals surface area (Å²) in [5.41, 5.74) is 3.58. The Morgan fingerprint density at radius 2 is 1.91 bits per heavy atom. The number of aromatic nitrogens is 1. The molecule has 0 saturated carbocycles. The zero-order valence-corrected chi connectivity index (χ0v) is 20.2. The number of methoxy groups -OCH3 is 2. The van der Waals surface area contributed by atoms with Crippen LogP contribution in [0.5, 0.6) is 5.75 Å². The zero-order chi connectivity index (χ0) is 24.7. The number of thiophene rings is 1. The van der Waals surface area contributed by atoms with Gasteiger partial charge in [0.2, 0.25) is 0 Å². The molecule has 0 aliphatic carbocycles. The molecule has 0 bridgehead atoms. The van der Waals surface area contributed by atoms with Gasteiger partial charge in [-0.3, -0.25) is 9.69 Å². The molecule has 5 rings (SSSR count). The fourth-order valence-corrected chi connectivity index (χ4v) is 5.62. The van der Waals surface area contributed by atoms with Crippen LogP contribution in [-0.4, -0.2) is 36.2 Å². The van der Waals surface area contributed by atoms with Crippen LogP contribution in [0.15, 0.2) is 54.6 Å². The number of carboxylic acid groups (broad SMARTS) is 1. The average Bonchev–Trinajstić information content (AvgIpc) is 3.23. The predicted molar refractivity (Wildman–Crippen MR) is 135 cm³/mol. The van der Waals surface area contributed by atoms with Crippen LogP contribution >= 0.6 is 11.3 Å². The molecular weight excluding hydrogens is 466 g/mol. The standard InChI is InChI=1S/C26H23N3O5S/c1-14-12-15(13-33-2)20-21-22(35-24(20)27-14)25(30)29(16-8-10-17(34-3)11-9-16)23(28-21)18-6-4-5-7-19(18)26(31)32/h4-12,23,28H,13H2,1-3H3,(H,31,32)/t23-/m1/s1. The average molecular weight is 490 g/mol. The van der Waals surface area contributed by atoms with E-state index in [2.05, 4.69) is 10.3 Å². The molecule has 0 unspecified atom stereocenters. The van der Waals surface area contributed by atoms with Gasteiger partial charge in [-0.25, -0.2) is 9.78 Å². The number of ether oxygens (including phenoxy) is 2. The van der Waals surface area contributed by atoms with Crippen molar-refractivity contribution < 1.29 is 24.2 Å². The van der Waals surface area contributed by atoms with Crippen molar-refractivity contribution in [3.8, 4) is 5.75 Å². The SMILES string of the molecule is COCc1cc(C)nc2sc3c(c12)N[C@@H](c1ccccc1C(=O)O)N(c1ccc(OC)cc1)C3=O. The minimum atomic E-state index is -1.07. The molecule has 2 aromatic carbocycles. The van der Waals surface area contributed by atoms with Gasteiger partial charge in [0.05, 0.1) is 25.0 Å². The molecule has 35 heavy (non-hydrogen) atoms. The molecule has 2 N–H and O–H groups in total. The molecule has 0 radical (unpaired) electrons. The summed E-state index contributed by atoms with van der Waals surface area (Å²) < 4.78 is 10.7. The lowest BCUT2D eigenvalue weighted by Crippen LogP contribution is -2.43. The Balaban J connectivity index is 1.75. The third-order valence-corrected chi connectivity index (χ3v) is 7.03. The molecule has 1 amide bonds. The Labute approximate surface area is 205 Å². The molecule has 1 atom stereocenters. The number of hydrogen-bond acceptors (Lipinski definition) is 7. The highest BCUT2D eigenvalue weighted by molar-refractivity contribution is 7.21. The summed E-state index contributed by atoms with van der Waals surface area (Å²) in [5.74, 6) is -0.652. The minimum absolute atomic E-state index is 0.116. The summed E-state index contributed by atoms with van der Waals surface area (Å²) in [4.78, 5) is 33.6. The smallest absolute Gasteiger partial charge is 0.336 e.